The van der Waals surface area contributed by atoms with Crippen LogP contribution in [0, 0.1) is 12.7 Å². The van der Waals surface area contributed by atoms with Gasteiger partial charge in [-0.2, -0.15) is 0 Å². The van der Waals surface area contributed by atoms with Crippen molar-refractivity contribution in [2.75, 3.05) is 5.32 Å². The van der Waals surface area contributed by atoms with E-state index in [0.717, 1.165) is 10.9 Å². The van der Waals surface area contributed by atoms with Crippen LogP contribution in [0.3, 0.4) is 0 Å². The number of aromatic nitrogens is 2. The van der Waals surface area contributed by atoms with Gasteiger partial charge in [-0.1, -0.05) is 18.2 Å². The number of carbonyl (C=O) groups is 1. The zero-order valence-electron chi connectivity index (χ0n) is 13.5. The summed E-state index contributed by atoms with van der Waals surface area (Å²) in [5.41, 5.74) is 2.89. The monoisotopic (exact) mass is 331 g/mol. The number of halogens is 1. The van der Waals surface area contributed by atoms with Crippen molar-refractivity contribution in [1.29, 1.82) is 0 Å². The molecule has 2 heterocycles. The summed E-state index contributed by atoms with van der Waals surface area (Å²) in [6.07, 6.45) is 1.69. The van der Waals surface area contributed by atoms with E-state index in [1.807, 2.05) is 30.3 Å². The van der Waals surface area contributed by atoms with Crippen molar-refractivity contribution < 1.29 is 9.18 Å². The van der Waals surface area contributed by atoms with Crippen LogP contribution in [0.1, 0.15) is 16.1 Å². The number of nitrogens with one attached hydrogen (secondary N) is 1. The van der Waals surface area contributed by atoms with Crippen LogP contribution in [0.15, 0.2) is 60.8 Å². The highest BCUT2D eigenvalue weighted by molar-refractivity contribution is 6.10. The second-order valence-electron chi connectivity index (χ2n) is 5.79. The molecule has 2 aromatic heterocycles. The highest BCUT2D eigenvalue weighted by Gasteiger charge is 2.14. The number of hydrogen-bond acceptors (Lipinski definition) is 3. The molecule has 0 unspecified atom stereocenters. The molecule has 122 valence electrons. The SMILES string of the molecule is Cc1nc2cc(F)ccc2cc1C(=O)Nc1cccc2cccnc12. The number of anilines is 1. The van der Waals surface area contributed by atoms with E-state index in [1.54, 1.807) is 25.3 Å². The van der Waals surface area contributed by atoms with E-state index in [1.165, 1.54) is 12.1 Å². The summed E-state index contributed by atoms with van der Waals surface area (Å²) in [6, 6.07) is 15.5. The number of aryl methyl sites for hydroxylation is 1. The molecular weight excluding hydrogens is 317 g/mol. The number of carbonyl (C=O) groups excluding carboxylic acids is 1. The predicted molar refractivity (Wildman–Crippen MR) is 96.1 cm³/mol. The van der Waals surface area contributed by atoms with Crippen LogP contribution in [0.2, 0.25) is 0 Å². The maximum Gasteiger partial charge on any atom is 0.257 e. The molecule has 0 atom stereocenters. The first kappa shape index (κ1) is 15.2. The summed E-state index contributed by atoms with van der Waals surface area (Å²) < 4.78 is 13.3. The fraction of sp³-hybridized carbons (Fsp3) is 0.0500. The third kappa shape index (κ3) is 2.80. The highest BCUT2D eigenvalue weighted by Crippen LogP contribution is 2.23. The standard InChI is InChI=1S/C20H14FN3O/c1-12-16(10-14-7-8-15(21)11-18(14)23-12)20(25)24-17-6-2-4-13-5-3-9-22-19(13)17/h2-11H,1H3,(H,24,25). The van der Waals surface area contributed by atoms with Gasteiger partial charge in [0.2, 0.25) is 0 Å². The number of nitrogens with zero attached hydrogens (tertiary/aromatic N) is 2. The Kier molecular flexibility index (Phi) is 3.61. The molecule has 1 N–H and O–H groups in total. The molecule has 0 saturated carbocycles. The Balaban J connectivity index is 1.74. The maximum atomic E-state index is 13.3. The van der Waals surface area contributed by atoms with Gasteiger partial charge in [0.25, 0.3) is 5.91 Å². The lowest BCUT2D eigenvalue weighted by molar-refractivity contribution is 0.102. The zero-order valence-corrected chi connectivity index (χ0v) is 13.5. The van der Waals surface area contributed by atoms with Crippen LogP contribution in [0.5, 0.6) is 0 Å². The van der Waals surface area contributed by atoms with Crippen molar-refractivity contribution in [2.45, 2.75) is 6.92 Å². The topological polar surface area (TPSA) is 54.9 Å². The molecule has 0 aliphatic carbocycles. The molecule has 1 amide bonds. The molecule has 4 rings (SSSR count). The Bertz CT molecular complexity index is 1120. The number of amides is 1. The fourth-order valence-corrected chi connectivity index (χ4v) is 2.86. The second kappa shape index (κ2) is 5.94. The number of hydrogen-bond donors (Lipinski definition) is 1. The Hall–Kier alpha value is -3.34. The molecule has 25 heavy (non-hydrogen) atoms. The van der Waals surface area contributed by atoms with Crippen molar-refractivity contribution >= 4 is 33.4 Å². The molecule has 0 spiro atoms. The number of fused-ring (bicyclic) bond motifs is 2. The Morgan fingerprint density at radius 3 is 2.76 bits per heavy atom. The van der Waals surface area contributed by atoms with Gasteiger partial charge in [0, 0.05) is 23.0 Å². The average Bonchev–Trinajstić information content (AvgIpc) is 2.61. The van der Waals surface area contributed by atoms with Crippen molar-refractivity contribution in [1.82, 2.24) is 9.97 Å². The van der Waals surface area contributed by atoms with Gasteiger partial charge >= 0.3 is 0 Å². The van der Waals surface area contributed by atoms with E-state index in [9.17, 15) is 9.18 Å². The number of benzene rings is 2. The van der Waals surface area contributed by atoms with Crippen molar-refractivity contribution in [3.8, 4) is 0 Å². The molecule has 5 heteroatoms. The van der Waals surface area contributed by atoms with Crippen LogP contribution in [-0.4, -0.2) is 15.9 Å². The molecule has 0 fully saturated rings. The van der Waals surface area contributed by atoms with Crippen LogP contribution >= 0.6 is 0 Å². The van der Waals surface area contributed by atoms with E-state index in [2.05, 4.69) is 15.3 Å². The van der Waals surface area contributed by atoms with Gasteiger partial charge in [0.1, 0.15) is 5.82 Å². The number of pyridine rings is 2. The van der Waals surface area contributed by atoms with E-state index < -0.39 is 0 Å². The van der Waals surface area contributed by atoms with Crippen LogP contribution in [-0.2, 0) is 0 Å². The van der Waals surface area contributed by atoms with Crippen molar-refractivity contribution in [3.63, 3.8) is 0 Å². The van der Waals surface area contributed by atoms with Crippen LogP contribution < -0.4 is 5.32 Å². The van der Waals surface area contributed by atoms with Gasteiger partial charge in [0.05, 0.1) is 28.0 Å². The lowest BCUT2D eigenvalue weighted by Gasteiger charge is -2.10. The largest absolute Gasteiger partial charge is 0.320 e. The minimum atomic E-state index is -0.349. The van der Waals surface area contributed by atoms with Gasteiger partial charge in [-0.25, -0.2) is 4.39 Å². The van der Waals surface area contributed by atoms with E-state index in [4.69, 9.17) is 0 Å². The van der Waals surface area contributed by atoms with Gasteiger partial charge in [0.15, 0.2) is 0 Å². The summed E-state index contributed by atoms with van der Waals surface area (Å²) in [7, 11) is 0. The Labute approximate surface area is 143 Å². The molecule has 2 aromatic carbocycles. The van der Waals surface area contributed by atoms with E-state index >= 15 is 0 Å². The zero-order chi connectivity index (χ0) is 17.4. The second-order valence-corrected chi connectivity index (χ2v) is 5.79. The first-order valence-corrected chi connectivity index (χ1v) is 7.84. The first-order chi connectivity index (χ1) is 12.1. The predicted octanol–water partition coefficient (Wildman–Crippen LogP) is 4.48. The molecule has 0 bridgehead atoms. The maximum absolute atomic E-state index is 13.3. The number of rotatable bonds is 2. The number of para-hydroxylation sites is 1. The van der Waals surface area contributed by atoms with Gasteiger partial charge in [-0.05, 0) is 37.3 Å². The quantitative estimate of drug-likeness (QED) is 0.589. The minimum absolute atomic E-state index is 0.269. The molecule has 0 saturated heterocycles. The summed E-state index contributed by atoms with van der Waals surface area (Å²) in [4.78, 5) is 21.4. The van der Waals surface area contributed by atoms with Gasteiger partial charge < -0.3 is 5.32 Å². The lowest BCUT2D eigenvalue weighted by Crippen LogP contribution is -2.14. The third-order valence-electron chi connectivity index (χ3n) is 4.10. The van der Waals surface area contributed by atoms with E-state index in [-0.39, 0.29) is 11.7 Å². The van der Waals surface area contributed by atoms with Crippen molar-refractivity contribution in [2.24, 2.45) is 0 Å². The van der Waals surface area contributed by atoms with Crippen molar-refractivity contribution in [3.05, 3.63) is 77.9 Å². The van der Waals surface area contributed by atoms with E-state index in [0.29, 0.717) is 27.8 Å². The first-order valence-electron chi connectivity index (χ1n) is 7.84. The fourth-order valence-electron chi connectivity index (χ4n) is 2.86. The normalized spacial score (nSPS) is 11.0. The van der Waals surface area contributed by atoms with Crippen LogP contribution in [0.4, 0.5) is 10.1 Å². The molecule has 0 aliphatic rings. The summed E-state index contributed by atoms with van der Waals surface area (Å²) in [6.45, 7) is 1.74. The summed E-state index contributed by atoms with van der Waals surface area (Å²) >= 11 is 0. The third-order valence-corrected chi connectivity index (χ3v) is 4.10. The molecule has 0 aliphatic heterocycles. The molecular formula is C20H14FN3O. The summed E-state index contributed by atoms with van der Waals surface area (Å²) in [5, 5.41) is 4.57. The molecule has 4 nitrogen and oxygen atoms in total. The molecule has 0 radical (unpaired) electrons. The average molecular weight is 331 g/mol. The minimum Gasteiger partial charge on any atom is -0.320 e. The van der Waals surface area contributed by atoms with Crippen LogP contribution in [0.25, 0.3) is 21.8 Å². The Morgan fingerprint density at radius 2 is 1.88 bits per heavy atom. The molecule has 4 aromatic rings. The summed E-state index contributed by atoms with van der Waals surface area (Å²) in [5.74, 6) is -0.618. The highest BCUT2D eigenvalue weighted by atomic mass is 19.1. The smallest absolute Gasteiger partial charge is 0.257 e. The Morgan fingerprint density at radius 1 is 1.04 bits per heavy atom. The van der Waals surface area contributed by atoms with Gasteiger partial charge in [-0.3, -0.25) is 14.8 Å². The van der Waals surface area contributed by atoms with Gasteiger partial charge in [-0.15, -0.1) is 0 Å². The lowest BCUT2D eigenvalue weighted by atomic mass is 10.1.